The molecule has 6 heteroatoms. The summed E-state index contributed by atoms with van der Waals surface area (Å²) in [6, 6.07) is 0.809. The molecule has 5 nitrogen and oxygen atoms in total. The van der Waals surface area contributed by atoms with E-state index in [1.165, 1.54) is 0 Å². The van der Waals surface area contributed by atoms with Crippen molar-refractivity contribution in [3.8, 4) is 0 Å². The Bertz CT molecular complexity index is 175. The van der Waals surface area contributed by atoms with E-state index in [4.69, 9.17) is 22.8 Å². The van der Waals surface area contributed by atoms with Crippen molar-refractivity contribution in [1.29, 1.82) is 0 Å². The van der Waals surface area contributed by atoms with E-state index >= 15 is 0 Å². The van der Waals surface area contributed by atoms with Gasteiger partial charge in [0, 0.05) is 21.7 Å². The molecule has 0 aromatic rings. The monoisotopic (exact) mass is 238 g/mol. The van der Waals surface area contributed by atoms with Crippen LogP contribution in [0.15, 0.2) is 0 Å². The van der Waals surface area contributed by atoms with Gasteiger partial charge in [0.15, 0.2) is 0 Å². The molecule has 0 bridgehead atoms. The van der Waals surface area contributed by atoms with E-state index < -0.39 is 8.80 Å². The maximum atomic E-state index is 5.56. The standard InChI is InChI=1S/C9H20O5Si.H2/c1-4-5-15(10-2,11-3)14-8-12-6-9-7-13-9;/h9H,4-8H2,1-3H3;1H. The lowest BCUT2D eigenvalue weighted by Crippen LogP contribution is -2.44. The Labute approximate surface area is 93.5 Å². The molecule has 0 saturated carbocycles. The smallest absolute Gasteiger partial charge is 0.377 e. The van der Waals surface area contributed by atoms with Gasteiger partial charge in [-0.3, -0.25) is 0 Å². The summed E-state index contributed by atoms with van der Waals surface area (Å²) >= 11 is 0. The van der Waals surface area contributed by atoms with E-state index in [2.05, 4.69) is 6.92 Å². The Morgan fingerprint density at radius 3 is 2.53 bits per heavy atom. The van der Waals surface area contributed by atoms with Gasteiger partial charge in [0.05, 0.1) is 13.2 Å². The molecule has 15 heavy (non-hydrogen) atoms. The highest BCUT2D eigenvalue weighted by atomic mass is 28.4. The van der Waals surface area contributed by atoms with Crippen molar-refractivity contribution in [1.82, 2.24) is 0 Å². The highest BCUT2D eigenvalue weighted by Gasteiger charge is 2.38. The van der Waals surface area contributed by atoms with Crippen LogP contribution >= 0.6 is 0 Å². The van der Waals surface area contributed by atoms with Gasteiger partial charge in [-0.1, -0.05) is 13.3 Å². The predicted octanol–water partition coefficient (Wildman–Crippen LogP) is 1.26. The molecular weight excluding hydrogens is 216 g/mol. The van der Waals surface area contributed by atoms with E-state index in [0.29, 0.717) is 6.61 Å². The molecule has 1 unspecified atom stereocenters. The van der Waals surface area contributed by atoms with Gasteiger partial charge < -0.3 is 22.8 Å². The first-order valence-corrected chi connectivity index (χ1v) is 7.13. The van der Waals surface area contributed by atoms with Crippen molar-refractivity contribution >= 4 is 8.80 Å². The number of epoxide rings is 1. The Morgan fingerprint density at radius 2 is 2.07 bits per heavy atom. The zero-order chi connectivity index (χ0) is 11.1. The molecule has 0 N–H and O–H groups in total. The molecule has 0 radical (unpaired) electrons. The highest BCUT2D eigenvalue weighted by molar-refractivity contribution is 6.60. The lowest BCUT2D eigenvalue weighted by molar-refractivity contribution is -0.0369. The van der Waals surface area contributed by atoms with Crippen molar-refractivity contribution in [2.75, 3.05) is 34.2 Å². The maximum Gasteiger partial charge on any atom is 0.502 e. The molecule has 0 amide bonds. The van der Waals surface area contributed by atoms with Gasteiger partial charge in [-0.15, -0.1) is 0 Å². The minimum Gasteiger partial charge on any atom is -0.377 e. The summed E-state index contributed by atoms with van der Waals surface area (Å²) in [5.74, 6) is 0. The third kappa shape index (κ3) is 4.58. The number of ether oxygens (including phenoxy) is 2. The second-order valence-corrected chi connectivity index (χ2v) is 6.40. The zero-order valence-corrected chi connectivity index (χ0v) is 10.7. The van der Waals surface area contributed by atoms with Crippen LogP contribution in [0.1, 0.15) is 14.8 Å². The van der Waals surface area contributed by atoms with E-state index in [-0.39, 0.29) is 14.3 Å². The van der Waals surface area contributed by atoms with Gasteiger partial charge in [0.1, 0.15) is 12.9 Å². The van der Waals surface area contributed by atoms with Crippen LogP contribution in [0.2, 0.25) is 6.04 Å². The Morgan fingerprint density at radius 1 is 1.40 bits per heavy atom. The maximum absolute atomic E-state index is 5.56. The van der Waals surface area contributed by atoms with Crippen LogP contribution in [-0.2, 0) is 22.8 Å². The average molecular weight is 238 g/mol. The molecule has 1 heterocycles. The van der Waals surface area contributed by atoms with Crippen LogP contribution in [0.4, 0.5) is 0 Å². The Hall–Kier alpha value is 0.0169. The first kappa shape index (κ1) is 13.1. The van der Waals surface area contributed by atoms with E-state index in [0.717, 1.165) is 19.1 Å². The van der Waals surface area contributed by atoms with Crippen LogP contribution in [0, 0.1) is 0 Å². The minimum absolute atomic E-state index is 0. The summed E-state index contributed by atoms with van der Waals surface area (Å²) in [6.07, 6.45) is 1.24. The summed E-state index contributed by atoms with van der Waals surface area (Å²) in [5.41, 5.74) is 0. The highest BCUT2D eigenvalue weighted by Crippen LogP contribution is 2.16. The SMILES string of the molecule is CCC[Si](OC)(OC)OCOCC1CO1.[HH]. The summed E-state index contributed by atoms with van der Waals surface area (Å²) < 4.78 is 26.5. The molecule has 0 aliphatic carbocycles. The summed E-state index contributed by atoms with van der Waals surface area (Å²) in [5, 5.41) is 0. The fourth-order valence-corrected chi connectivity index (χ4v) is 3.09. The topological polar surface area (TPSA) is 49.5 Å². The molecular formula is C9H22O5Si. The lowest BCUT2D eigenvalue weighted by Gasteiger charge is -2.25. The van der Waals surface area contributed by atoms with Crippen molar-refractivity contribution in [2.45, 2.75) is 25.5 Å². The number of hydrogen-bond donors (Lipinski definition) is 0. The molecule has 1 atom stereocenters. The first-order chi connectivity index (χ1) is 7.26. The zero-order valence-electron chi connectivity index (χ0n) is 9.65. The fraction of sp³-hybridized carbons (Fsp3) is 1.00. The molecule has 1 fully saturated rings. The van der Waals surface area contributed by atoms with E-state index in [1.807, 2.05) is 0 Å². The van der Waals surface area contributed by atoms with Gasteiger partial charge in [-0.05, 0) is 0 Å². The van der Waals surface area contributed by atoms with Gasteiger partial charge in [-0.2, -0.15) is 0 Å². The molecule has 0 spiro atoms. The first-order valence-electron chi connectivity index (χ1n) is 5.20. The Kier molecular flexibility index (Phi) is 5.73. The van der Waals surface area contributed by atoms with Crippen LogP contribution in [-0.4, -0.2) is 49.1 Å². The molecule has 1 saturated heterocycles. The summed E-state index contributed by atoms with van der Waals surface area (Å²) in [6.45, 7) is 3.67. The second kappa shape index (κ2) is 6.57. The molecule has 1 aliphatic rings. The number of rotatable bonds is 9. The second-order valence-electron chi connectivity index (χ2n) is 3.43. The third-order valence-corrected chi connectivity index (χ3v) is 5.16. The molecule has 0 aromatic heterocycles. The molecule has 92 valence electrons. The van der Waals surface area contributed by atoms with Crippen LogP contribution in [0.25, 0.3) is 0 Å². The lowest BCUT2D eigenvalue weighted by atomic mass is 10.5. The van der Waals surface area contributed by atoms with Crippen LogP contribution in [0.5, 0.6) is 0 Å². The predicted molar refractivity (Wildman–Crippen MR) is 58.6 cm³/mol. The van der Waals surface area contributed by atoms with Gasteiger partial charge in [-0.25, -0.2) is 0 Å². The summed E-state index contributed by atoms with van der Waals surface area (Å²) in [7, 11) is 0.780. The van der Waals surface area contributed by atoms with Crippen LogP contribution in [0.3, 0.4) is 0 Å². The Balaban J connectivity index is 0.00000225. The average Bonchev–Trinajstić information content (AvgIpc) is 3.07. The minimum atomic E-state index is -2.46. The van der Waals surface area contributed by atoms with Gasteiger partial charge >= 0.3 is 8.80 Å². The fourth-order valence-electron chi connectivity index (χ4n) is 1.26. The number of hydrogen-bond acceptors (Lipinski definition) is 5. The molecule has 1 rings (SSSR count). The van der Waals surface area contributed by atoms with E-state index in [9.17, 15) is 0 Å². The van der Waals surface area contributed by atoms with Crippen molar-refractivity contribution in [3.05, 3.63) is 0 Å². The van der Waals surface area contributed by atoms with Crippen molar-refractivity contribution in [3.63, 3.8) is 0 Å². The van der Waals surface area contributed by atoms with E-state index in [1.54, 1.807) is 14.2 Å². The quantitative estimate of drug-likeness (QED) is 0.262. The van der Waals surface area contributed by atoms with Crippen molar-refractivity contribution < 1.29 is 24.2 Å². The summed E-state index contributed by atoms with van der Waals surface area (Å²) in [4.78, 5) is 0. The van der Waals surface area contributed by atoms with Gasteiger partial charge in [0.25, 0.3) is 0 Å². The van der Waals surface area contributed by atoms with Crippen molar-refractivity contribution in [2.24, 2.45) is 0 Å². The molecule has 0 aromatic carbocycles. The van der Waals surface area contributed by atoms with Crippen LogP contribution < -0.4 is 0 Å². The normalized spacial score (nSPS) is 20.6. The third-order valence-electron chi connectivity index (χ3n) is 2.25. The van der Waals surface area contributed by atoms with Gasteiger partial charge in [0.2, 0.25) is 0 Å². The largest absolute Gasteiger partial charge is 0.502 e. The molecule has 1 aliphatic heterocycles.